The van der Waals surface area contributed by atoms with Crippen LogP contribution >= 0.6 is 0 Å². The lowest BCUT2D eigenvalue weighted by Crippen LogP contribution is -2.44. The van der Waals surface area contributed by atoms with Gasteiger partial charge in [-0.3, -0.25) is 5.32 Å². The summed E-state index contributed by atoms with van der Waals surface area (Å²) in [5.74, 6) is 0. The molecule has 1 N–H and O–H groups in total. The molecule has 0 saturated carbocycles. The zero-order valence-electron chi connectivity index (χ0n) is 18.4. The highest BCUT2D eigenvalue weighted by atomic mass is 15.0. The average molecular weight is 396 g/mol. The molecule has 0 radical (unpaired) electrons. The summed E-state index contributed by atoms with van der Waals surface area (Å²) >= 11 is 0. The third-order valence-electron chi connectivity index (χ3n) is 5.53. The van der Waals surface area contributed by atoms with Crippen LogP contribution in [0.25, 0.3) is 0 Å². The van der Waals surface area contributed by atoms with E-state index in [-0.39, 0.29) is 0 Å². The van der Waals surface area contributed by atoms with E-state index < -0.39 is 5.54 Å². The summed E-state index contributed by atoms with van der Waals surface area (Å²) in [6, 6.07) is 32.3. The molecular weight excluding hydrogens is 362 g/mol. The quantitative estimate of drug-likeness (QED) is 0.297. The van der Waals surface area contributed by atoms with Crippen LogP contribution in [0.15, 0.2) is 114 Å². The van der Waals surface area contributed by atoms with Gasteiger partial charge in [0.15, 0.2) is 0 Å². The number of nitrogens with one attached hydrogen (secondary N) is 1. The van der Waals surface area contributed by atoms with E-state index >= 15 is 0 Å². The molecule has 1 nitrogen and oxygen atoms in total. The van der Waals surface area contributed by atoms with E-state index in [2.05, 4.69) is 129 Å². The van der Waals surface area contributed by atoms with E-state index in [1.54, 1.807) is 0 Å². The summed E-state index contributed by atoms with van der Waals surface area (Å²) in [6.45, 7) is 7.36. The van der Waals surface area contributed by atoms with Crippen molar-refractivity contribution in [3.05, 3.63) is 131 Å². The second-order valence-electron chi connectivity index (χ2n) is 8.10. The second kappa shape index (κ2) is 10.8. The molecule has 30 heavy (non-hydrogen) atoms. The first-order valence-electron chi connectivity index (χ1n) is 10.8. The molecular formula is C29H33N. The predicted molar refractivity (Wildman–Crippen MR) is 130 cm³/mol. The largest absolute Gasteiger partial charge is 0.296 e. The number of rotatable bonds is 9. The van der Waals surface area contributed by atoms with Crippen LogP contribution in [0.3, 0.4) is 0 Å². The van der Waals surface area contributed by atoms with Crippen molar-refractivity contribution >= 4 is 0 Å². The van der Waals surface area contributed by atoms with E-state index in [1.807, 2.05) is 0 Å². The van der Waals surface area contributed by atoms with Crippen molar-refractivity contribution in [1.29, 1.82) is 0 Å². The standard InChI is InChI=1S/C29H33N/c1-24(2)14-13-15-25(3)22-23-30-29(26-16-7-4-8-17-26,27-18-9-5-10-19-27)28-20-11-6-12-21-28/h4-12,14,16-22,30H,13,15,23H2,1-3H3/b25-22+. The summed E-state index contributed by atoms with van der Waals surface area (Å²) < 4.78 is 0. The van der Waals surface area contributed by atoms with Gasteiger partial charge in [0, 0.05) is 6.54 Å². The van der Waals surface area contributed by atoms with Gasteiger partial charge < -0.3 is 0 Å². The Labute approximate surface area is 182 Å². The Kier molecular flexibility index (Phi) is 7.82. The van der Waals surface area contributed by atoms with Gasteiger partial charge >= 0.3 is 0 Å². The lowest BCUT2D eigenvalue weighted by molar-refractivity contribution is 0.500. The third kappa shape index (κ3) is 5.37. The van der Waals surface area contributed by atoms with Crippen LogP contribution in [-0.2, 0) is 5.54 Å². The molecule has 0 aliphatic heterocycles. The van der Waals surface area contributed by atoms with Crippen LogP contribution < -0.4 is 5.32 Å². The van der Waals surface area contributed by atoms with Gasteiger partial charge in [-0.05, 0) is 50.3 Å². The van der Waals surface area contributed by atoms with Gasteiger partial charge in [-0.25, -0.2) is 0 Å². The molecule has 0 aliphatic carbocycles. The molecule has 0 bridgehead atoms. The van der Waals surface area contributed by atoms with Gasteiger partial charge in [-0.15, -0.1) is 0 Å². The maximum atomic E-state index is 3.92. The monoisotopic (exact) mass is 395 g/mol. The zero-order chi connectivity index (χ0) is 21.2. The van der Waals surface area contributed by atoms with E-state index in [4.69, 9.17) is 0 Å². The molecule has 3 aromatic rings. The van der Waals surface area contributed by atoms with Crippen molar-refractivity contribution in [3.63, 3.8) is 0 Å². The molecule has 0 amide bonds. The highest BCUT2D eigenvalue weighted by molar-refractivity contribution is 5.49. The molecule has 0 unspecified atom stereocenters. The van der Waals surface area contributed by atoms with Crippen molar-refractivity contribution in [2.24, 2.45) is 0 Å². The number of benzene rings is 3. The Morgan fingerprint density at radius 2 is 1.10 bits per heavy atom. The molecule has 0 saturated heterocycles. The van der Waals surface area contributed by atoms with Crippen molar-refractivity contribution in [2.75, 3.05) is 6.54 Å². The van der Waals surface area contributed by atoms with Crippen LogP contribution in [0, 0.1) is 0 Å². The Bertz CT molecular complexity index is 852. The van der Waals surface area contributed by atoms with Crippen molar-refractivity contribution < 1.29 is 0 Å². The van der Waals surface area contributed by atoms with Crippen molar-refractivity contribution in [1.82, 2.24) is 5.32 Å². The first-order valence-corrected chi connectivity index (χ1v) is 10.8. The Balaban J connectivity index is 1.98. The van der Waals surface area contributed by atoms with Gasteiger partial charge in [-0.1, -0.05) is 114 Å². The summed E-state index contributed by atoms with van der Waals surface area (Å²) in [5.41, 5.74) is 6.15. The van der Waals surface area contributed by atoms with Crippen LogP contribution in [0.4, 0.5) is 0 Å². The minimum absolute atomic E-state index is 0.402. The van der Waals surface area contributed by atoms with Gasteiger partial charge in [0.2, 0.25) is 0 Å². The molecule has 3 aromatic carbocycles. The van der Waals surface area contributed by atoms with E-state index in [9.17, 15) is 0 Å². The Morgan fingerprint density at radius 3 is 1.50 bits per heavy atom. The van der Waals surface area contributed by atoms with Crippen molar-refractivity contribution in [2.45, 2.75) is 39.2 Å². The lowest BCUT2D eigenvalue weighted by atomic mass is 9.77. The SMILES string of the molecule is CC(C)=CCC/C(C)=C/CNC(c1ccccc1)(c1ccccc1)c1ccccc1. The highest BCUT2D eigenvalue weighted by Gasteiger charge is 2.35. The van der Waals surface area contributed by atoms with E-state index in [0.29, 0.717) is 0 Å². The zero-order valence-corrected chi connectivity index (χ0v) is 18.4. The molecule has 0 aliphatic rings. The highest BCUT2D eigenvalue weighted by Crippen LogP contribution is 2.36. The minimum atomic E-state index is -0.402. The summed E-state index contributed by atoms with van der Waals surface area (Å²) in [6.07, 6.45) is 6.85. The summed E-state index contributed by atoms with van der Waals surface area (Å²) in [7, 11) is 0. The van der Waals surface area contributed by atoms with Crippen LogP contribution in [0.5, 0.6) is 0 Å². The molecule has 0 spiro atoms. The fourth-order valence-electron chi connectivity index (χ4n) is 3.94. The number of hydrogen-bond donors (Lipinski definition) is 1. The maximum absolute atomic E-state index is 3.92. The topological polar surface area (TPSA) is 12.0 Å². The van der Waals surface area contributed by atoms with Gasteiger partial charge in [0.25, 0.3) is 0 Å². The van der Waals surface area contributed by atoms with Crippen LogP contribution in [0.1, 0.15) is 50.3 Å². The van der Waals surface area contributed by atoms with E-state index in [1.165, 1.54) is 27.8 Å². The molecule has 0 atom stereocenters. The average Bonchev–Trinajstić information content (AvgIpc) is 2.78. The Morgan fingerprint density at radius 1 is 0.667 bits per heavy atom. The van der Waals surface area contributed by atoms with Gasteiger partial charge in [0.1, 0.15) is 0 Å². The van der Waals surface area contributed by atoms with Gasteiger partial charge in [-0.2, -0.15) is 0 Å². The number of hydrogen-bond acceptors (Lipinski definition) is 1. The smallest absolute Gasteiger partial charge is 0.0950 e. The Hall–Kier alpha value is -2.90. The molecule has 0 heterocycles. The third-order valence-corrected chi connectivity index (χ3v) is 5.53. The first-order chi connectivity index (χ1) is 14.6. The summed E-state index contributed by atoms with van der Waals surface area (Å²) in [4.78, 5) is 0. The molecule has 1 heteroatoms. The summed E-state index contributed by atoms with van der Waals surface area (Å²) in [5, 5.41) is 3.92. The lowest BCUT2D eigenvalue weighted by Gasteiger charge is -2.37. The number of allylic oxidation sites excluding steroid dienone is 3. The minimum Gasteiger partial charge on any atom is -0.296 e. The molecule has 0 fully saturated rings. The van der Waals surface area contributed by atoms with Crippen LogP contribution in [-0.4, -0.2) is 6.54 Å². The molecule has 0 aromatic heterocycles. The predicted octanol–water partition coefficient (Wildman–Crippen LogP) is 7.26. The molecule has 154 valence electrons. The van der Waals surface area contributed by atoms with Crippen molar-refractivity contribution in [3.8, 4) is 0 Å². The van der Waals surface area contributed by atoms with Gasteiger partial charge in [0.05, 0.1) is 5.54 Å². The molecule has 3 rings (SSSR count). The fourth-order valence-corrected chi connectivity index (χ4v) is 3.94. The van der Waals surface area contributed by atoms with E-state index in [0.717, 1.165) is 19.4 Å². The first kappa shape index (κ1) is 21.8. The maximum Gasteiger partial charge on any atom is 0.0950 e. The normalized spacial score (nSPS) is 11.9. The second-order valence-corrected chi connectivity index (χ2v) is 8.10. The fraction of sp³-hybridized carbons (Fsp3) is 0.241. The van der Waals surface area contributed by atoms with Crippen LogP contribution in [0.2, 0.25) is 0 Å².